The van der Waals surface area contributed by atoms with E-state index >= 15 is 0 Å². The van der Waals surface area contributed by atoms with Gasteiger partial charge < -0.3 is 20.1 Å². The van der Waals surface area contributed by atoms with Crippen molar-refractivity contribution < 1.29 is 9.84 Å². The average Bonchev–Trinajstić information content (AvgIpc) is 2.63. The zero-order valence-electron chi connectivity index (χ0n) is 16.0. The number of nitrogens with one attached hydrogen (secondary N) is 2. The standard InChI is InChI=1S/C22H26N2O3/c1-14-4-6-17-10-18(22(26)24-21(17)8-14)11-23-12-19(25)13-27-20-7-5-15(2)16(3)9-20/h4-10,19,23,25H,11-13H2,1-3H3,(H,24,26)/t19-/m0/s1. The van der Waals surface area contributed by atoms with Crippen LogP contribution in [-0.2, 0) is 6.54 Å². The van der Waals surface area contributed by atoms with Gasteiger partial charge in [0.1, 0.15) is 18.5 Å². The van der Waals surface area contributed by atoms with Gasteiger partial charge in [-0.15, -0.1) is 0 Å². The topological polar surface area (TPSA) is 74.3 Å². The number of rotatable bonds is 7. The third-order valence-corrected chi connectivity index (χ3v) is 4.69. The van der Waals surface area contributed by atoms with Crippen LogP contribution in [0.15, 0.2) is 47.3 Å². The van der Waals surface area contributed by atoms with Gasteiger partial charge in [-0.05, 0) is 67.1 Å². The van der Waals surface area contributed by atoms with Crippen LogP contribution in [0.4, 0.5) is 0 Å². The number of H-pyrrole nitrogens is 1. The van der Waals surface area contributed by atoms with Gasteiger partial charge in [-0.25, -0.2) is 0 Å². The van der Waals surface area contributed by atoms with Gasteiger partial charge in [-0.2, -0.15) is 0 Å². The van der Waals surface area contributed by atoms with Crippen molar-refractivity contribution in [3.63, 3.8) is 0 Å². The van der Waals surface area contributed by atoms with Crippen LogP contribution in [0.2, 0.25) is 0 Å². The number of aromatic amines is 1. The SMILES string of the molecule is Cc1ccc2cc(CNC[C@H](O)COc3ccc(C)c(C)c3)c(=O)[nH]c2c1. The molecule has 0 bridgehead atoms. The molecule has 0 aliphatic heterocycles. The Bertz CT molecular complexity index is 995. The van der Waals surface area contributed by atoms with Crippen molar-refractivity contribution >= 4 is 10.9 Å². The number of hydrogen-bond donors (Lipinski definition) is 3. The number of benzene rings is 2. The first-order valence-electron chi connectivity index (χ1n) is 9.14. The summed E-state index contributed by atoms with van der Waals surface area (Å²) in [5.41, 5.74) is 4.85. The fourth-order valence-electron chi connectivity index (χ4n) is 2.92. The lowest BCUT2D eigenvalue weighted by Gasteiger charge is -2.14. The third kappa shape index (κ3) is 4.96. The molecule has 0 aliphatic carbocycles. The van der Waals surface area contributed by atoms with E-state index < -0.39 is 6.10 Å². The molecule has 3 N–H and O–H groups in total. The highest BCUT2D eigenvalue weighted by Crippen LogP contribution is 2.16. The first-order valence-corrected chi connectivity index (χ1v) is 9.14. The summed E-state index contributed by atoms with van der Waals surface area (Å²) in [4.78, 5) is 15.1. The van der Waals surface area contributed by atoms with E-state index in [9.17, 15) is 9.90 Å². The van der Waals surface area contributed by atoms with Crippen LogP contribution >= 0.6 is 0 Å². The monoisotopic (exact) mass is 366 g/mol. The molecule has 1 atom stereocenters. The van der Waals surface area contributed by atoms with E-state index in [1.54, 1.807) is 0 Å². The van der Waals surface area contributed by atoms with Gasteiger partial charge in [-0.1, -0.05) is 18.2 Å². The van der Waals surface area contributed by atoms with E-state index in [-0.39, 0.29) is 12.2 Å². The van der Waals surface area contributed by atoms with Crippen LogP contribution in [0, 0.1) is 20.8 Å². The lowest BCUT2D eigenvalue weighted by molar-refractivity contribution is 0.106. The molecule has 0 fully saturated rings. The van der Waals surface area contributed by atoms with Crippen molar-refractivity contribution in [3.8, 4) is 5.75 Å². The van der Waals surface area contributed by atoms with Crippen molar-refractivity contribution in [3.05, 3.63) is 75.1 Å². The summed E-state index contributed by atoms with van der Waals surface area (Å²) in [6, 6.07) is 13.7. The number of ether oxygens (including phenoxy) is 1. The zero-order chi connectivity index (χ0) is 19.4. The van der Waals surface area contributed by atoms with E-state index in [0.29, 0.717) is 18.7 Å². The number of aryl methyl sites for hydroxylation is 3. The zero-order valence-corrected chi connectivity index (χ0v) is 16.0. The highest BCUT2D eigenvalue weighted by Gasteiger charge is 2.08. The Morgan fingerprint density at radius 2 is 1.89 bits per heavy atom. The molecule has 0 saturated carbocycles. The third-order valence-electron chi connectivity index (χ3n) is 4.69. The molecule has 0 aliphatic rings. The summed E-state index contributed by atoms with van der Waals surface area (Å²) in [7, 11) is 0. The van der Waals surface area contributed by atoms with Crippen LogP contribution in [0.25, 0.3) is 10.9 Å². The summed E-state index contributed by atoms with van der Waals surface area (Å²) < 4.78 is 5.64. The fraction of sp³-hybridized carbons (Fsp3) is 0.318. The van der Waals surface area contributed by atoms with Crippen molar-refractivity contribution in [2.45, 2.75) is 33.4 Å². The molecule has 0 spiro atoms. The normalized spacial score (nSPS) is 12.3. The minimum atomic E-state index is -0.659. The Morgan fingerprint density at radius 3 is 2.67 bits per heavy atom. The average molecular weight is 366 g/mol. The highest BCUT2D eigenvalue weighted by molar-refractivity contribution is 5.79. The maximum atomic E-state index is 12.2. The maximum absolute atomic E-state index is 12.2. The number of aliphatic hydroxyl groups is 1. The molecule has 3 aromatic rings. The molecular formula is C22H26N2O3. The van der Waals surface area contributed by atoms with Crippen molar-refractivity contribution in [1.82, 2.24) is 10.3 Å². The van der Waals surface area contributed by atoms with E-state index in [0.717, 1.165) is 27.8 Å². The van der Waals surface area contributed by atoms with E-state index in [1.807, 2.05) is 63.2 Å². The number of fused-ring (bicyclic) bond motifs is 1. The van der Waals surface area contributed by atoms with Crippen molar-refractivity contribution in [1.29, 1.82) is 0 Å². The number of pyridine rings is 1. The Labute approximate surface area is 159 Å². The van der Waals surface area contributed by atoms with Crippen molar-refractivity contribution in [2.24, 2.45) is 0 Å². The molecule has 27 heavy (non-hydrogen) atoms. The van der Waals surface area contributed by atoms with Crippen LogP contribution in [0.5, 0.6) is 5.75 Å². The summed E-state index contributed by atoms with van der Waals surface area (Å²) in [6.07, 6.45) is -0.659. The van der Waals surface area contributed by atoms with Crippen LogP contribution in [0.1, 0.15) is 22.3 Å². The summed E-state index contributed by atoms with van der Waals surface area (Å²) in [5, 5.41) is 14.2. The molecule has 1 heterocycles. The predicted octanol–water partition coefficient (Wildman–Crippen LogP) is 2.98. The number of hydrogen-bond acceptors (Lipinski definition) is 4. The summed E-state index contributed by atoms with van der Waals surface area (Å²) in [5.74, 6) is 0.749. The van der Waals surface area contributed by atoms with Gasteiger partial charge >= 0.3 is 0 Å². The Kier molecular flexibility index (Phi) is 5.94. The lowest BCUT2D eigenvalue weighted by Crippen LogP contribution is -2.32. The van der Waals surface area contributed by atoms with Crippen LogP contribution in [0.3, 0.4) is 0 Å². The van der Waals surface area contributed by atoms with Gasteiger partial charge in [0, 0.05) is 24.2 Å². The number of aromatic nitrogens is 1. The van der Waals surface area contributed by atoms with E-state index in [2.05, 4.69) is 10.3 Å². The van der Waals surface area contributed by atoms with E-state index in [4.69, 9.17) is 4.74 Å². The van der Waals surface area contributed by atoms with Gasteiger partial charge in [0.25, 0.3) is 5.56 Å². The minimum absolute atomic E-state index is 0.110. The smallest absolute Gasteiger partial charge is 0.252 e. The fourth-order valence-corrected chi connectivity index (χ4v) is 2.92. The molecule has 1 aromatic heterocycles. The van der Waals surface area contributed by atoms with Gasteiger partial charge in [0.05, 0.1) is 0 Å². The van der Waals surface area contributed by atoms with Crippen LogP contribution < -0.4 is 15.6 Å². The molecule has 5 heteroatoms. The second-order valence-corrected chi connectivity index (χ2v) is 7.06. The van der Waals surface area contributed by atoms with Gasteiger partial charge in [-0.3, -0.25) is 4.79 Å². The molecule has 142 valence electrons. The van der Waals surface area contributed by atoms with Gasteiger partial charge in [0.15, 0.2) is 0 Å². The maximum Gasteiger partial charge on any atom is 0.252 e. The molecular weight excluding hydrogens is 340 g/mol. The Balaban J connectivity index is 1.52. The quantitative estimate of drug-likeness (QED) is 0.601. The summed E-state index contributed by atoms with van der Waals surface area (Å²) in [6.45, 7) is 7.00. The largest absolute Gasteiger partial charge is 0.491 e. The summed E-state index contributed by atoms with van der Waals surface area (Å²) >= 11 is 0. The molecule has 0 radical (unpaired) electrons. The van der Waals surface area contributed by atoms with Crippen molar-refractivity contribution in [2.75, 3.05) is 13.2 Å². The lowest BCUT2D eigenvalue weighted by atomic mass is 10.1. The first-order chi connectivity index (χ1) is 12.9. The first kappa shape index (κ1) is 19.1. The molecule has 5 nitrogen and oxygen atoms in total. The Morgan fingerprint density at radius 1 is 1.07 bits per heavy atom. The minimum Gasteiger partial charge on any atom is -0.491 e. The molecule has 0 amide bonds. The molecule has 0 saturated heterocycles. The Hall–Kier alpha value is -2.63. The second kappa shape index (κ2) is 8.37. The molecule has 3 rings (SSSR count). The molecule has 0 unspecified atom stereocenters. The second-order valence-electron chi connectivity index (χ2n) is 7.06. The van der Waals surface area contributed by atoms with E-state index in [1.165, 1.54) is 5.56 Å². The highest BCUT2D eigenvalue weighted by atomic mass is 16.5. The number of aliphatic hydroxyl groups excluding tert-OH is 1. The van der Waals surface area contributed by atoms with Crippen LogP contribution in [-0.4, -0.2) is 29.3 Å². The predicted molar refractivity (Wildman–Crippen MR) is 108 cm³/mol. The molecule has 2 aromatic carbocycles. The van der Waals surface area contributed by atoms with Gasteiger partial charge in [0.2, 0.25) is 0 Å².